The van der Waals surface area contributed by atoms with Crippen LogP contribution >= 0.6 is 11.3 Å². The normalized spacial score (nSPS) is 23.1. The molecule has 0 aromatic carbocycles. The van der Waals surface area contributed by atoms with Gasteiger partial charge in [0.05, 0.1) is 6.10 Å². The smallest absolute Gasteiger partial charge is 0.0576 e. The van der Waals surface area contributed by atoms with Crippen molar-refractivity contribution in [1.29, 1.82) is 0 Å². The van der Waals surface area contributed by atoms with Gasteiger partial charge in [0.15, 0.2) is 0 Å². The number of rotatable bonds is 7. The highest BCUT2D eigenvalue weighted by Crippen LogP contribution is 2.35. The zero-order chi connectivity index (χ0) is 13.8. The highest BCUT2D eigenvalue weighted by Gasteiger charge is 2.21. The van der Waals surface area contributed by atoms with Gasteiger partial charge in [-0.05, 0) is 69.5 Å². The van der Waals surface area contributed by atoms with Gasteiger partial charge in [0.2, 0.25) is 0 Å². The van der Waals surface area contributed by atoms with Crippen molar-refractivity contribution in [2.75, 3.05) is 13.2 Å². The molecule has 1 aromatic rings. The Labute approximate surface area is 126 Å². The van der Waals surface area contributed by atoms with E-state index in [-0.39, 0.29) is 0 Å². The molecule has 1 saturated heterocycles. The maximum absolute atomic E-state index is 5.73. The van der Waals surface area contributed by atoms with Crippen LogP contribution in [0, 0.1) is 0 Å². The fourth-order valence-electron chi connectivity index (χ4n) is 3.54. The average Bonchev–Trinajstić information content (AvgIpc) is 3.14. The van der Waals surface area contributed by atoms with Gasteiger partial charge >= 0.3 is 0 Å². The average molecular weight is 293 g/mol. The van der Waals surface area contributed by atoms with Gasteiger partial charge in [-0.15, -0.1) is 11.3 Å². The minimum atomic E-state index is 0.547. The second-order valence-corrected chi connectivity index (χ2v) is 7.30. The van der Waals surface area contributed by atoms with E-state index in [1.165, 1.54) is 51.4 Å². The standard InChI is InChI=1S/C17H27NOS/c1-2-18-15(9-4-7-14-8-5-11-19-14)17-12-13-6-3-10-16(13)20-17/h12,14-15,18H,2-11H2,1H3. The molecule has 2 atom stereocenters. The predicted octanol–water partition coefficient (Wildman–Crippen LogP) is 4.24. The van der Waals surface area contributed by atoms with E-state index in [9.17, 15) is 0 Å². The number of nitrogens with one attached hydrogen (secondary N) is 1. The number of ether oxygens (including phenoxy) is 1. The molecule has 1 aliphatic heterocycles. The fraction of sp³-hybridized carbons (Fsp3) is 0.765. The Hall–Kier alpha value is -0.380. The molecule has 0 bridgehead atoms. The summed E-state index contributed by atoms with van der Waals surface area (Å²) in [6.07, 6.45) is 10.9. The van der Waals surface area contributed by atoms with Crippen LogP contribution in [0.3, 0.4) is 0 Å². The van der Waals surface area contributed by atoms with Crippen molar-refractivity contribution in [1.82, 2.24) is 5.32 Å². The molecule has 112 valence electrons. The Morgan fingerprint density at radius 2 is 2.35 bits per heavy atom. The lowest BCUT2D eigenvalue weighted by Gasteiger charge is -2.17. The lowest BCUT2D eigenvalue weighted by Crippen LogP contribution is -2.20. The molecule has 3 rings (SSSR count). The van der Waals surface area contributed by atoms with Crippen LogP contribution in [0.2, 0.25) is 0 Å². The van der Waals surface area contributed by atoms with Crippen LogP contribution in [0.5, 0.6) is 0 Å². The molecular formula is C17H27NOS. The zero-order valence-corrected chi connectivity index (χ0v) is 13.4. The third-order valence-corrected chi connectivity index (χ3v) is 5.95. The first-order valence-electron chi connectivity index (χ1n) is 8.33. The first kappa shape index (κ1) is 14.6. The van der Waals surface area contributed by atoms with E-state index in [4.69, 9.17) is 4.74 Å². The number of aryl methyl sites for hydroxylation is 2. The monoisotopic (exact) mass is 293 g/mol. The molecule has 20 heavy (non-hydrogen) atoms. The van der Waals surface area contributed by atoms with Gasteiger partial charge in [-0.3, -0.25) is 0 Å². The molecule has 1 N–H and O–H groups in total. The number of hydrogen-bond donors (Lipinski definition) is 1. The molecule has 0 saturated carbocycles. The van der Waals surface area contributed by atoms with Gasteiger partial charge in [-0.1, -0.05) is 6.92 Å². The summed E-state index contributed by atoms with van der Waals surface area (Å²) in [6, 6.07) is 3.05. The van der Waals surface area contributed by atoms with E-state index >= 15 is 0 Å². The van der Waals surface area contributed by atoms with Crippen LogP contribution in [-0.2, 0) is 17.6 Å². The van der Waals surface area contributed by atoms with Crippen molar-refractivity contribution in [3.8, 4) is 0 Å². The van der Waals surface area contributed by atoms with Crippen LogP contribution in [0.25, 0.3) is 0 Å². The summed E-state index contributed by atoms with van der Waals surface area (Å²) in [4.78, 5) is 3.23. The molecule has 1 fully saturated rings. The third kappa shape index (κ3) is 3.44. The maximum atomic E-state index is 5.73. The van der Waals surface area contributed by atoms with E-state index in [1.54, 1.807) is 15.3 Å². The zero-order valence-electron chi connectivity index (χ0n) is 12.6. The first-order chi connectivity index (χ1) is 9.86. The Kier molecular flexibility index (Phi) is 5.14. The largest absolute Gasteiger partial charge is 0.378 e. The minimum Gasteiger partial charge on any atom is -0.378 e. The molecule has 1 aliphatic carbocycles. The van der Waals surface area contributed by atoms with E-state index in [0.29, 0.717) is 12.1 Å². The molecule has 0 spiro atoms. The van der Waals surface area contributed by atoms with Crippen LogP contribution in [0.1, 0.15) is 66.8 Å². The first-order valence-corrected chi connectivity index (χ1v) is 9.15. The summed E-state index contributed by atoms with van der Waals surface area (Å²) in [6.45, 7) is 4.26. The second kappa shape index (κ2) is 7.06. The van der Waals surface area contributed by atoms with E-state index in [2.05, 4.69) is 29.6 Å². The van der Waals surface area contributed by atoms with Crippen molar-refractivity contribution >= 4 is 11.3 Å². The SMILES string of the molecule is CCNC(CCCC1CCCO1)c1cc2c(s1)CCC2. The van der Waals surface area contributed by atoms with Crippen molar-refractivity contribution in [2.24, 2.45) is 0 Å². The van der Waals surface area contributed by atoms with E-state index in [1.807, 2.05) is 0 Å². The summed E-state index contributed by atoms with van der Waals surface area (Å²) >= 11 is 2.06. The molecule has 2 heterocycles. The topological polar surface area (TPSA) is 21.3 Å². The third-order valence-electron chi connectivity index (χ3n) is 4.60. The maximum Gasteiger partial charge on any atom is 0.0576 e. The summed E-state index contributed by atoms with van der Waals surface area (Å²) < 4.78 is 5.73. The molecule has 0 radical (unpaired) electrons. The van der Waals surface area contributed by atoms with Gasteiger partial charge in [-0.25, -0.2) is 0 Å². The Bertz CT molecular complexity index is 401. The summed E-state index contributed by atoms with van der Waals surface area (Å²) in [7, 11) is 0. The molecular weight excluding hydrogens is 266 g/mol. The summed E-state index contributed by atoms with van der Waals surface area (Å²) in [5.74, 6) is 0. The summed E-state index contributed by atoms with van der Waals surface area (Å²) in [5.41, 5.74) is 1.63. The number of hydrogen-bond acceptors (Lipinski definition) is 3. The Morgan fingerprint density at radius 3 is 3.10 bits per heavy atom. The van der Waals surface area contributed by atoms with Crippen LogP contribution in [0.4, 0.5) is 0 Å². The van der Waals surface area contributed by atoms with E-state index in [0.717, 1.165) is 13.2 Å². The van der Waals surface area contributed by atoms with Gasteiger partial charge in [-0.2, -0.15) is 0 Å². The number of thiophene rings is 1. The lowest BCUT2D eigenvalue weighted by molar-refractivity contribution is 0.101. The fourth-order valence-corrected chi connectivity index (χ4v) is 4.90. The van der Waals surface area contributed by atoms with Crippen molar-refractivity contribution in [3.05, 3.63) is 21.4 Å². The molecule has 2 unspecified atom stereocenters. The van der Waals surface area contributed by atoms with E-state index < -0.39 is 0 Å². The molecule has 1 aromatic heterocycles. The quantitative estimate of drug-likeness (QED) is 0.812. The highest BCUT2D eigenvalue weighted by molar-refractivity contribution is 7.12. The lowest BCUT2D eigenvalue weighted by atomic mass is 10.0. The summed E-state index contributed by atoms with van der Waals surface area (Å²) in [5, 5.41) is 3.68. The van der Waals surface area contributed by atoms with Crippen molar-refractivity contribution in [2.45, 2.75) is 70.4 Å². The van der Waals surface area contributed by atoms with Gasteiger partial charge in [0, 0.05) is 22.4 Å². The van der Waals surface area contributed by atoms with Crippen molar-refractivity contribution in [3.63, 3.8) is 0 Å². The molecule has 3 heteroatoms. The second-order valence-electron chi connectivity index (χ2n) is 6.13. The van der Waals surface area contributed by atoms with Gasteiger partial charge in [0.1, 0.15) is 0 Å². The van der Waals surface area contributed by atoms with Crippen LogP contribution < -0.4 is 5.32 Å². The predicted molar refractivity (Wildman–Crippen MR) is 85.6 cm³/mol. The minimum absolute atomic E-state index is 0.547. The van der Waals surface area contributed by atoms with Gasteiger partial charge < -0.3 is 10.1 Å². The molecule has 2 nitrogen and oxygen atoms in total. The van der Waals surface area contributed by atoms with Crippen LogP contribution in [-0.4, -0.2) is 19.3 Å². The Balaban J connectivity index is 1.53. The molecule has 2 aliphatic rings. The van der Waals surface area contributed by atoms with Crippen LogP contribution in [0.15, 0.2) is 6.07 Å². The van der Waals surface area contributed by atoms with Gasteiger partial charge in [0.25, 0.3) is 0 Å². The number of fused-ring (bicyclic) bond motifs is 1. The molecule has 0 amide bonds. The highest BCUT2D eigenvalue weighted by atomic mass is 32.1. The Morgan fingerprint density at radius 1 is 1.40 bits per heavy atom. The van der Waals surface area contributed by atoms with Crippen molar-refractivity contribution < 1.29 is 4.74 Å².